The molecule has 0 aliphatic carbocycles. The number of carbonyl (C=O) groups is 1. The van der Waals surface area contributed by atoms with Gasteiger partial charge in [0.05, 0.1) is 0 Å². The molecule has 0 unspecified atom stereocenters. The smallest absolute Gasteiger partial charge is 0.270 e. The normalized spacial score (nSPS) is 16.7. The summed E-state index contributed by atoms with van der Waals surface area (Å²) in [5, 5.41) is 12.5. The first-order valence-corrected chi connectivity index (χ1v) is 12.7. The number of benzene rings is 3. The third kappa shape index (κ3) is 3.06. The first-order chi connectivity index (χ1) is 14.8. The van der Waals surface area contributed by atoms with Crippen LogP contribution in [0.2, 0.25) is 0 Å². The standard InChI is InChI=1S/C24H21N3OPS/c28-23-22(16-17-27(23)24-26-25-18-30-24)29(19-10-4-1-5-11-19,20-12-6-2-7-13-20)21-14-8-3-9-15-21/h1-15,18,22H,16-17H2/q+1/t22-/m1/s1. The van der Waals surface area contributed by atoms with Crippen molar-refractivity contribution in [2.45, 2.75) is 12.1 Å². The molecule has 1 amide bonds. The van der Waals surface area contributed by atoms with E-state index in [0.29, 0.717) is 11.7 Å². The van der Waals surface area contributed by atoms with Crippen molar-refractivity contribution >= 4 is 45.6 Å². The summed E-state index contributed by atoms with van der Waals surface area (Å²) in [5.41, 5.74) is 1.55. The Hall–Kier alpha value is -2.88. The highest BCUT2D eigenvalue weighted by atomic mass is 32.1. The lowest BCUT2D eigenvalue weighted by Crippen LogP contribution is -2.42. The largest absolute Gasteiger partial charge is 0.283 e. The molecule has 0 N–H and O–H groups in total. The number of nitrogens with zero attached hydrogens (tertiary/aromatic N) is 3. The van der Waals surface area contributed by atoms with E-state index in [9.17, 15) is 4.79 Å². The van der Waals surface area contributed by atoms with Crippen LogP contribution in [0.5, 0.6) is 0 Å². The number of hydrogen-bond donors (Lipinski definition) is 0. The molecule has 0 spiro atoms. The molecule has 0 radical (unpaired) electrons. The number of carbonyl (C=O) groups excluding carboxylic acids is 1. The molecule has 148 valence electrons. The molecule has 30 heavy (non-hydrogen) atoms. The van der Waals surface area contributed by atoms with Crippen molar-refractivity contribution in [1.29, 1.82) is 0 Å². The zero-order valence-corrected chi connectivity index (χ0v) is 18.0. The summed E-state index contributed by atoms with van der Waals surface area (Å²) in [6, 6.07) is 31.7. The highest BCUT2D eigenvalue weighted by molar-refractivity contribution is 7.97. The zero-order valence-electron chi connectivity index (χ0n) is 16.3. The topological polar surface area (TPSA) is 46.1 Å². The Balaban J connectivity index is 1.76. The molecule has 1 aliphatic heterocycles. The van der Waals surface area contributed by atoms with Crippen LogP contribution < -0.4 is 20.8 Å². The molecule has 0 bridgehead atoms. The van der Waals surface area contributed by atoms with Gasteiger partial charge in [0.15, 0.2) is 5.66 Å². The average molecular weight is 430 g/mol. The molecule has 1 saturated heterocycles. The Morgan fingerprint density at radius 3 is 1.73 bits per heavy atom. The molecule has 1 atom stereocenters. The van der Waals surface area contributed by atoms with Crippen molar-refractivity contribution in [3.63, 3.8) is 0 Å². The minimum absolute atomic E-state index is 0.131. The second kappa shape index (κ2) is 8.10. The molecule has 4 nitrogen and oxygen atoms in total. The molecule has 1 aromatic heterocycles. The van der Waals surface area contributed by atoms with Gasteiger partial charge in [-0.3, -0.25) is 9.69 Å². The summed E-state index contributed by atoms with van der Waals surface area (Å²) in [7, 11) is -2.23. The van der Waals surface area contributed by atoms with Crippen molar-refractivity contribution in [1.82, 2.24) is 10.2 Å². The molecule has 5 rings (SSSR count). The van der Waals surface area contributed by atoms with Crippen LogP contribution >= 0.6 is 18.6 Å². The van der Waals surface area contributed by atoms with Gasteiger partial charge in [-0.15, -0.1) is 10.2 Å². The highest BCUT2D eigenvalue weighted by Crippen LogP contribution is 2.62. The van der Waals surface area contributed by atoms with Crippen LogP contribution in [0.15, 0.2) is 96.5 Å². The van der Waals surface area contributed by atoms with Gasteiger partial charge < -0.3 is 0 Å². The van der Waals surface area contributed by atoms with Crippen LogP contribution in [-0.4, -0.2) is 28.3 Å². The predicted molar refractivity (Wildman–Crippen MR) is 126 cm³/mol. The van der Waals surface area contributed by atoms with Crippen LogP contribution in [0.4, 0.5) is 5.13 Å². The Morgan fingerprint density at radius 2 is 1.30 bits per heavy atom. The van der Waals surface area contributed by atoms with Crippen LogP contribution in [0.3, 0.4) is 0 Å². The Morgan fingerprint density at radius 1 is 0.800 bits per heavy atom. The van der Waals surface area contributed by atoms with Gasteiger partial charge in [-0.05, 0) is 36.4 Å². The quantitative estimate of drug-likeness (QED) is 0.454. The summed E-state index contributed by atoms with van der Waals surface area (Å²) in [6.07, 6.45) is 0.797. The number of hydrogen-bond acceptors (Lipinski definition) is 4. The second-order valence-corrected chi connectivity index (χ2v) is 11.7. The maximum atomic E-state index is 13.9. The van der Waals surface area contributed by atoms with E-state index in [0.717, 1.165) is 6.42 Å². The van der Waals surface area contributed by atoms with Crippen molar-refractivity contribution in [2.75, 3.05) is 11.4 Å². The third-order valence-electron chi connectivity index (χ3n) is 5.71. The minimum Gasteiger partial charge on any atom is -0.283 e. The van der Waals surface area contributed by atoms with Gasteiger partial charge >= 0.3 is 0 Å². The summed E-state index contributed by atoms with van der Waals surface area (Å²) in [6.45, 7) is 0.674. The lowest BCUT2D eigenvalue weighted by molar-refractivity contribution is -0.116. The Kier molecular flexibility index (Phi) is 5.16. The molecular formula is C24H21N3OPS+. The van der Waals surface area contributed by atoms with Crippen LogP contribution in [-0.2, 0) is 4.79 Å². The van der Waals surface area contributed by atoms with Gasteiger partial charge in [-0.2, -0.15) is 0 Å². The SMILES string of the molecule is O=C1[C@H]([P+](c2ccccc2)(c2ccccc2)c2ccccc2)CCN1c1nncs1. The van der Waals surface area contributed by atoms with E-state index >= 15 is 0 Å². The zero-order chi connectivity index (χ0) is 20.4. The van der Waals surface area contributed by atoms with Gasteiger partial charge in [0.1, 0.15) is 28.7 Å². The first kappa shape index (κ1) is 19.1. The van der Waals surface area contributed by atoms with Crippen molar-refractivity contribution < 1.29 is 4.79 Å². The van der Waals surface area contributed by atoms with E-state index in [-0.39, 0.29) is 11.6 Å². The summed E-state index contributed by atoms with van der Waals surface area (Å²) in [4.78, 5) is 15.7. The Bertz CT molecular complexity index is 1020. The van der Waals surface area contributed by atoms with Crippen LogP contribution in [0, 0.1) is 0 Å². The first-order valence-electron chi connectivity index (χ1n) is 9.95. The fourth-order valence-electron chi connectivity index (χ4n) is 4.48. The monoisotopic (exact) mass is 430 g/mol. The summed E-state index contributed by atoms with van der Waals surface area (Å²) >= 11 is 1.42. The van der Waals surface area contributed by atoms with Gasteiger partial charge in [-0.1, -0.05) is 65.9 Å². The lowest BCUT2D eigenvalue weighted by atomic mass is 10.3. The second-order valence-electron chi connectivity index (χ2n) is 7.25. The number of rotatable bonds is 5. The lowest BCUT2D eigenvalue weighted by Gasteiger charge is -2.31. The van der Waals surface area contributed by atoms with Gasteiger partial charge in [0.2, 0.25) is 5.13 Å². The van der Waals surface area contributed by atoms with Gasteiger partial charge in [0, 0.05) is 13.0 Å². The molecule has 2 heterocycles. The van der Waals surface area contributed by atoms with Crippen molar-refractivity contribution in [3.8, 4) is 0 Å². The van der Waals surface area contributed by atoms with Crippen molar-refractivity contribution in [3.05, 3.63) is 96.5 Å². The molecule has 6 heteroatoms. The van der Waals surface area contributed by atoms with Crippen LogP contribution in [0.1, 0.15) is 6.42 Å². The van der Waals surface area contributed by atoms with E-state index in [4.69, 9.17) is 0 Å². The fraction of sp³-hybridized carbons (Fsp3) is 0.125. The predicted octanol–water partition coefficient (Wildman–Crippen LogP) is 3.64. The minimum atomic E-state index is -2.23. The highest BCUT2D eigenvalue weighted by Gasteiger charge is 2.59. The molecule has 3 aromatic carbocycles. The van der Waals surface area contributed by atoms with Gasteiger partial charge in [0.25, 0.3) is 5.91 Å². The van der Waals surface area contributed by atoms with E-state index in [2.05, 4.69) is 83.0 Å². The maximum Gasteiger partial charge on any atom is 0.270 e. The third-order valence-corrected chi connectivity index (χ3v) is 11.2. The van der Waals surface area contributed by atoms with E-state index in [1.54, 1.807) is 5.51 Å². The fourth-order valence-corrected chi connectivity index (χ4v) is 9.94. The number of amides is 1. The molecule has 4 aromatic rings. The maximum absolute atomic E-state index is 13.9. The molecule has 1 aliphatic rings. The molecular weight excluding hydrogens is 409 g/mol. The van der Waals surface area contributed by atoms with Gasteiger partial charge in [-0.25, -0.2) is 0 Å². The summed E-state index contributed by atoms with van der Waals surface area (Å²) in [5.74, 6) is 0.150. The number of anilines is 1. The van der Waals surface area contributed by atoms with E-state index < -0.39 is 7.26 Å². The molecule has 1 fully saturated rings. The van der Waals surface area contributed by atoms with E-state index in [1.165, 1.54) is 27.3 Å². The Labute approximate surface area is 180 Å². The van der Waals surface area contributed by atoms with E-state index in [1.807, 2.05) is 23.1 Å². The molecule has 0 saturated carbocycles. The number of aromatic nitrogens is 2. The van der Waals surface area contributed by atoms with Crippen molar-refractivity contribution in [2.24, 2.45) is 0 Å². The average Bonchev–Trinajstić information content (AvgIpc) is 3.47. The van der Waals surface area contributed by atoms with Crippen LogP contribution in [0.25, 0.3) is 0 Å². The summed E-state index contributed by atoms with van der Waals surface area (Å²) < 4.78 is 0.